The monoisotopic (exact) mass is 304 g/mol. The number of hydrogen-bond donors (Lipinski definition) is 1. The lowest BCUT2D eigenvalue weighted by Crippen LogP contribution is -2.41. The molecule has 1 saturated heterocycles. The number of carboxylic acid groups (broad SMARTS) is 1. The van der Waals surface area contributed by atoms with Crippen molar-refractivity contribution >= 4 is 13.1 Å². The van der Waals surface area contributed by atoms with Crippen LogP contribution in [-0.2, 0) is 14.1 Å². The van der Waals surface area contributed by atoms with Gasteiger partial charge in [-0.1, -0.05) is 18.2 Å². The van der Waals surface area contributed by atoms with Crippen molar-refractivity contribution in [1.82, 2.24) is 0 Å². The molecular weight excluding hydrogens is 279 g/mol. The van der Waals surface area contributed by atoms with Gasteiger partial charge in [0.2, 0.25) is 0 Å². The highest BCUT2D eigenvalue weighted by atomic mass is 16.7. The molecule has 0 saturated carbocycles. The molecule has 1 atom stereocenters. The Morgan fingerprint density at radius 3 is 2.23 bits per heavy atom. The van der Waals surface area contributed by atoms with Crippen LogP contribution in [0.15, 0.2) is 18.2 Å². The average molecular weight is 304 g/mol. The summed E-state index contributed by atoms with van der Waals surface area (Å²) in [5.41, 5.74) is 2.30. The van der Waals surface area contributed by atoms with Crippen molar-refractivity contribution in [3.8, 4) is 0 Å². The van der Waals surface area contributed by atoms with Gasteiger partial charge in [-0.3, -0.25) is 4.79 Å². The maximum atomic E-state index is 11.3. The topological polar surface area (TPSA) is 55.8 Å². The van der Waals surface area contributed by atoms with Crippen molar-refractivity contribution in [3.05, 3.63) is 34.9 Å². The van der Waals surface area contributed by atoms with Gasteiger partial charge in [-0.2, -0.15) is 0 Å². The van der Waals surface area contributed by atoms with E-state index in [0.717, 1.165) is 16.7 Å². The summed E-state index contributed by atoms with van der Waals surface area (Å²) in [7, 11) is -0.554. The van der Waals surface area contributed by atoms with E-state index in [0.29, 0.717) is 0 Å². The van der Waals surface area contributed by atoms with Crippen LogP contribution in [0, 0.1) is 13.8 Å². The SMILES string of the molecule is Cc1cccc(C(CC(=O)O)B2OC(C)(C)C(C)(C)O2)c1C. The molecule has 1 aliphatic heterocycles. The lowest BCUT2D eigenvalue weighted by molar-refractivity contribution is -0.137. The standard InChI is InChI=1S/C17H25BO4/c1-11-8-7-9-13(12(11)2)14(10-15(19)20)18-21-16(3,4)17(5,6)22-18/h7-9,14H,10H2,1-6H3,(H,19,20). The van der Waals surface area contributed by atoms with Gasteiger partial charge in [0.1, 0.15) is 0 Å². The molecular formula is C17H25BO4. The summed E-state index contributed by atoms with van der Waals surface area (Å²) in [6.07, 6.45) is -0.0128. The fourth-order valence-corrected chi connectivity index (χ4v) is 2.77. The Labute approximate surface area is 133 Å². The molecule has 120 valence electrons. The molecule has 1 fully saturated rings. The lowest BCUT2D eigenvalue weighted by Gasteiger charge is -2.32. The third-order valence-electron chi connectivity index (χ3n) is 5.04. The largest absolute Gasteiger partial charge is 0.481 e. The van der Waals surface area contributed by atoms with Crippen molar-refractivity contribution in [2.75, 3.05) is 0 Å². The van der Waals surface area contributed by atoms with Gasteiger partial charge in [-0.05, 0) is 58.2 Å². The molecule has 1 heterocycles. The normalized spacial score (nSPS) is 20.9. The number of benzene rings is 1. The van der Waals surface area contributed by atoms with E-state index in [4.69, 9.17) is 9.31 Å². The second-order valence-corrected chi connectivity index (χ2v) is 7.12. The second-order valence-electron chi connectivity index (χ2n) is 7.12. The van der Waals surface area contributed by atoms with Crippen LogP contribution in [0.1, 0.15) is 56.6 Å². The maximum Gasteiger partial charge on any atom is 0.466 e. The molecule has 2 rings (SSSR count). The number of rotatable bonds is 4. The van der Waals surface area contributed by atoms with Crippen LogP contribution in [0.2, 0.25) is 0 Å². The van der Waals surface area contributed by atoms with E-state index in [9.17, 15) is 9.90 Å². The van der Waals surface area contributed by atoms with Crippen molar-refractivity contribution in [1.29, 1.82) is 0 Å². The van der Waals surface area contributed by atoms with Gasteiger partial charge >= 0.3 is 13.1 Å². The summed E-state index contributed by atoms with van der Waals surface area (Å²) < 4.78 is 12.2. The molecule has 1 aromatic carbocycles. The van der Waals surface area contributed by atoms with Crippen LogP contribution >= 0.6 is 0 Å². The van der Waals surface area contributed by atoms with Gasteiger partial charge in [0.25, 0.3) is 0 Å². The zero-order chi connectivity index (χ0) is 16.7. The third kappa shape index (κ3) is 3.06. The lowest BCUT2D eigenvalue weighted by atomic mass is 9.65. The van der Waals surface area contributed by atoms with Crippen LogP contribution in [0.5, 0.6) is 0 Å². The first kappa shape index (κ1) is 17.0. The van der Waals surface area contributed by atoms with Crippen molar-refractivity contribution in [2.45, 2.75) is 65.0 Å². The van der Waals surface area contributed by atoms with Gasteiger partial charge in [0, 0.05) is 5.82 Å². The maximum absolute atomic E-state index is 11.3. The molecule has 1 aliphatic rings. The Kier molecular flexibility index (Phi) is 4.42. The molecule has 1 aromatic rings. The molecule has 0 aromatic heterocycles. The van der Waals surface area contributed by atoms with E-state index in [2.05, 4.69) is 0 Å². The molecule has 0 bridgehead atoms. The van der Waals surface area contributed by atoms with Crippen molar-refractivity contribution in [3.63, 3.8) is 0 Å². The second kappa shape index (κ2) is 5.71. The minimum atomic E-state index is -0.847. The van der Waals surface area contributed by atoms with Crippen LogP contribution in [0.25, 0.3) is 0 Å². The highest BCUT2D eigenvalue weighted by molar-refractivity contribution is 6.48. The van der Waals surface area contributed by atoms with E-state index in [1.807, 2.05) is 59.7 Å². The van der Waals surface area contributed by atoms with Gasteiger partial charge in [0.15, 0.2) is 0 Å². The predicted molar refractivity (Wildman–Crippen MR) is 87.0 cm³/mol. The van der Waals surface area contributed by atoms with E-state index < -0.39 is 24.3 Å². The minimum absolute atomic E-state index is 0.0128. The zero-order valence-electron chi connectivity index (χ0n) is 14.3. The Morgan fingerprint density at radius 2 is 1.73 bits per heavy atom. The van der Waals surface area contributed by atoms with Gasteiger partial charge in [0.05, 0.1) is 17.6 Å². The van der Waals surface area contributed by atoms with Crippen LogP contribution in [-0.4, -0.2) is 29.4 Å². The predicted octanol–water partition coefficient (Wildman–Crippen LogP) is 3.49. The third-order valence-corrected chi connectivity index (χ3v) is 5.04. The first-order valence-corrected chi connectivity index (χ1v) is 7.69. The number of aliphatic carboxylic acids is 1. The molecule has 0 amide bonds. The number of aryl methyl sites for hydroxylation is 1. The molecule has 0 radical (unpaired) electrons. The number of carbonyl (C=O) groups is 1. The van der Waals surface area contributed by atoms with Gasteiger partial charge in [-0.25, -0.2) is 0 Å². The summed E-state index contributed by atoms with van der Waals surface area (Å²) in [5, 5.41) is 9.31. The molecule has 1 unspecified atom stereocenters. The first-order chi connectivity index (χ1) is 10.0. The van der Waals surface area contributed by atoms with Crippen molar-refractivity contribution in [2.24, 2.45) is 0 Å². The molecule has 0 spiro atoms. The summed E-state index contributed by atoms with van der Waals surface area (Å²) >= 11 is 0. The van der Waals surface area contributed by atoms with Gasteiger partial charge < -0.3 is 14.4 Å². The quantitative estimate of drug-likeness (QED) is 0.865. The van der Waals surface area contributed by atoms with E-state index in [1.165, 1.54) is 0 Å². The highest BCUT2D eigenvalue weighted by Crippen LogP contribution is 2.42. The van der Waals surface area contributed by atoms with Crippen molar-refractivity contribution < 1.29 is 19.2 Å². The summed E-state index contributed by atoms with van der Waals surface area (Å²) in [4.78, 5) is 11.3. The Balaban J connectivity index is 2.40. The van der Waals surface area contributed by atoms with Gasteiger partial charge in [-0.15, -0.1) is 0 Å². The fourth-order valence-electron chi connectivity index (χ4n) is 2.77. The van der Waals surface area contributed by atoms with E-state index in [-0.39, 0.29) is 12.2 Å². The molecule has 5 heteroatoms. The Hall–Kier alpha value is -1.33. The van der Waals surface area contributed by atoms with Crippen LogP contribution in [0.3, 0.4) is 0 Å². The Morgan fingerprint density at radius 1 is 1.18 bits per heavy atom. The fraction of sp³-hybridized carbons (Fsp3) is 0.588. The average Bonchev–Trinajstić information content (AvgIpc) is 2.59. The summed E-state index contributed by atoms with van der Waals surface area (Å²) in [5.74, 6) is -1.17. The van der Waals surface area contributed by atoms with E-state index in [1.54, 1.807) is 0 Å². The Bertz CT molecular complexity index is 564. The van der Waals surface area contributed by atoms with Crippen LogP contribution < -0.4 is 0 Å². The number of carboxylic acids is 1. The summed E-state index contributed by atoms with van der Waals surface area (Å²) in [6, 6.07) is 5.96. The molecule has 4 nitrogen and oxygen atoms in total. The first-order valence-electron chi connectivity index (χ1n) is 7.69. The molecule has 22 heavy (non-hydrogen) atoms. The summed E-state index contributed by atoms with van der Waals surface area (Å²) in [6.45, 7) is 12.0. The highest BCUT2D eigenvalue weighted by Gasteiger charge is 2.54. The van der Waals surface area contributed by atoms with E-state index >= 15 is 0 Å². The zero-order valence-corrected chi connectivity index (χ0v) is 14.3. The molecule has 1 N–H and O–H groups in total. The minimum Gasteiger partial charge on any atom is -0.481 e. The molecule has 0 aliphatic carbocycles. The smallest absolute Gasteiger partial charge is 0.466 e. The van der Waals surface area contributed by atoms with Crippen LogP contribution in [0.4, 0.5) is 0 Å². The number of hydrogen-bond acceptors (Lipinski definition) is 3.